The summed E-state index contributed by atoms with van der Waals surface area (Å²) in [4.78, 5) is 47.2. The molecule has 10 heteroatoms. The number of aromatic amines is 2. The van der Waals surface area contributed by atoms with Gasteiger partial charge in [0.1, 0.15) is 11.5 Å². The summed E-state index contributed by atoms with van der Waals surface area (Å²) in [6, 6.07) is -0.545. The number of nitrogens with one attached hydrogen (secondary N) is 4. The number of H-pyrrole nitrogens is 2. The van der Waals surface area contributed by atoms with Crippen molar-refractivity contribution < 1.29 is 9.59 Å². The van der Waals surface area contributed by atoms with Gasteiger partial charge < -0.3 is 25.2 Å². The number of aryl methyl sites for hydroxylation is 1. The molecule has 3 rings (SSSR count). The Hall–Kier alpha value is -2.88. The summed E-state index contributed by atoms with van der Waals surface area (Å²) >= 11 is 0. The third-order valence-electron chi connectivity index (χ3n) is 4.72. The minimum Gasteiger partial charge on any atom is -0.355 e. The van der Waals surface area contributed by atoms with Crippen LogP contribution in [-0.2, 0) is 17.9 Å². The Morgan fingerprint density at radius 2 is 2.19 bits per heavy atom. The van der Waals surface area contributed by atoms with Crippen molar-refractivity contribution in [3.05, 3.63) is 40.6 Å². The molecule has 1 fully saturated rings. The summed E-state index contributed by atoms with van der Waals surface area (Å²) in [5.74, 6) is 0.456. The number of amides is 2. The highest BCUT2D eigenvalue weighted by Gasteiger charge is 2.38. The van der Waals surface area contributed by atoms with Crippen molar-refractivity contribution in [2.45, 2.75) is 45.4 Å². The van der Waals surface area contributed by atoms with Crippen molar-refractivity contribution in [1.82, 2.24) is 35.1 Å². The van der Waals surface area contributed by atoms with Crippen LogP contribution in [0.15, 0.2) is 23.4 Å². The van der Waals surface area contributed by atoms with Crippen LogP contribution in [0.2, 0.25) is 0 Å². The third-order valence-corrected chi connectivity index (χ3v) is 4.72. The molecule has 4 N–H and O–H groups in total. The van der Waals surface area contributed by atoms with Gasteiger partial charge in [-0.1, -0.05) is 0 Å². The number of hydrogen-bond donors (Lipinski definition) is 4. The number of rotatable bonds is 7. The van der Waals surface area contributed by atoms with E-state index in [1.54, 1.807) is 6.20 Å². The van der Waals surface area contributed by atoms with Gasteiger partial charge in [-0.25, -0.2) is 9.78 Å². The van der Waals surface area contributed by atoms with Crippen LogP contribution < -0.4 is 16.3 Å². The second-order valence-electron chi connectivity index (χ2n) is 6.53. The lowest BCUT2D eigenvalue weighted by Gasteiger charge is -2.23. The summed E-state index contributed by atoms with van der Waals surface area (Å²) in [5.41, 5.74) is -0.255. The maximum absolute atomic E-state index is 12.5. The maximum atomic E-state index is 12.5. The van der Waals surface area contributed by atoms with E-state index in [2.05, 4.69) is 25.6 Å². The minimum absolute atomic E-state index is 0.0566. The summed E-state index contributed by atoms with van der Waals surface area (Å²) in [6.07, 6.45) is 5.49. The number of aromatic nitrogens is 4. The number of hydrogen-bond acceptors (Lipinski definition) is 5. The SMILES string of the molecule is CCNC(=O)[C@@H]1C[C@H](NC(=O)c2c[nH]c(=O)[nH]2)CN1Cc1nccn1CC. The molecule has 27 heavy (non-hydrogen) atoms. The van der Waals surface area contributed by atoms with Crippen molar-refractivity contribution in [3.8, 4) is 0 Å². The molecule has 0 bridgehead atoms. The summed E-state index contributed by atoms with van der Waals surface area (Å²) in [5, 5.41) is 5.76. The Morgan fingerprint density at radius 3 is 2.85 bits per heavy atom. The summed E-state index contributed by atoms with van der Waals surface area (Å²) in [6.45, 7) is 6.32. The van der Waals surface area contributed by atoms with E-state index < -0.39 is 5.69 Å². The van der Waals surface area contributed by atoms with Gasteiger partial charge in [0.15, 0.2) is 0 Å². The van der Waals surface area contributed by atoms with Crippen molar-refractivity contribution in [2.75, 3.05) is 13.1 Å². The Kier molecular flexibility index (Phi) is 5.75. The highest BCUT2D eigenvalue weighted by atomic mass is 16.2. The summed E-state index contributed by atoms with van der Waals surface area (Å²) < 4.78 is 2.03. The van der Waals surface area contributed by atoms with Gasteiger partial charge in [-0.15, -0.1) is 0 Å². The molecule has 0 radical (unpaired) electrons. The maximum Gasteiger partial charge on any atom is 0.323 e. The molecule has 0 saturated carbocycles. The number of carbonyl (C=O) groups is 2. The lowest BCUT2D eigenvalue weighted by atomic mass is 10.1. The average molecular weight is 375 g/mol. The van der Waals surface area contributed by atoms with E-state index in [9.17, 15) is 14.4 Å². The summed E-state index contributed by atoms with van der Waals surface area (Å²) in [7, 11) is 0. The average Bonchev–Trinajstić information content (AvgIpc) is 3.35. The zero-order valence-corrected chi connectivity index (χ0v) is 15.5. The van der Waals surface area contributed by atoms with E-state index >= 15 is 0 Å². The van der Waals surface area contributed by atoms with Crippen LogP contribution in [0.5, 0.6) is 0 Å². The van der Waals surface area contributed by atoms with Gasteiger partial charge in [-0.3, -0.25) is 14.5 Å². The molecule has 1 aliphatic rings. The fraction of sp³-hybridized carbons (Fsp3) is 0.529. The normalized spacial score (nSPS) is 19.9. The van der Waals surface area contributed by atoms with Crippen molar-refractivity contribution in [1.29, 1.82) is 0 Å². The van der Waals surface area contributed by atoms with Crippen LogP contribution in [0.4, 0.5) is 0 Å². The zero-order valence-electron chi connectivity index (χ0n) is 15.5. The molecule has 1 aliphatic heterocycles. The number of nitrogens with zero attached hydrogens (tertiary/aromatic N) is 3. The van der Waals surface area contributed by atoms with E-state index in [0.717, 1.165) is 12.4 Å². The molecule has 0 aliphatic carbocycles. The smallest absolute Gasteiger partial charge is 0.323 e. The largest absolute Gasteiger partial charge is 0.355 e. The van der Waals surface area contributed by atoms with Gasteiger partial charge in [0.25, 0.3) is 5.91 Å². The number of carbonyl (C=O) groups excluding carboxylic acids is 2. The Morgan fingerprint density at radius 1 is 1.37 bits per heavy atom. The van der Waals surface area contributed by atoms with E-state index in [1.807, 2.05) is 29.5 Å². The lowest BCUT2D eigenvalue weighted by Crippen LogP contribution is -2.43. The minimum atomic E-state index is -0.431. The van der Waals surface area contributed by atoms with E-state index in [0.29, 0.717) is 26.1 Å². The number of likely N-dealkylation sites (N-methyl/N-ethyl adjacent to an activating group) is 1. The van der Waals surface area contributed by atoms with Crippen molar-refractivity contribution in [2.24, 2.45) is 0 Å². The molecular weight excluding hydrogens is 350 g/mol. The van der Waals surface area contributed by atoms with Gasteiger partial charge in [0, 0.05) is 44.3 Å². The first-order valence-corrected chi connectivity index (χ1v) is 9.12. The second kappa shape index (κ2) is 8.21. The number of likely N-dealkylation sites (tertiary alicyclic amines) is 1. The molecule has 0 aromatic carbocycles. The Balaban J connectivity index is 1.71. The van der Waals surface area contributed by atoms with Gasteiger partial charge in [0.2, 0.25) is 5.91 Å². The predicted octanol–water partition coefficient (Wildman–Crippen LogP) is -0.572. The highest BCUT2D eigenvalue weighted by molar-refractivity contribution is 5.92. The molecule has 0 spiro atoms. The molecule has 146 valence electrons. The molecule has 3 heterocycles. The Labute approximate surface area is 156 Å². The highest BCUT2D eigenvalue weighted by Crippen LogP contribution is 2.21. The number of imidazole rings is 2. The molecular formula is C17H25N7O3. The van der Waals surface area contributed by atoms with Crippen LogP contribution in [-0.4, -0.2) is 61.4 Å². The first-order valence-electron chi connectivity index (χ1n) is 9.12. The van der Waals surface area contributed by atoms with E-state index in [4.69, 9.17) is 0 Å². The molecule has 2 aromatic rings. The van der Waals surface area contributed by atoms with Gasteiger partial charge in [-0.2, -0.15) is 0 Å². The topological polar surface area (TPSA) is 128 Å². The van der Waals surface area contributed by atoms with E-state index in [1.165, 1.54) is 6.20 Å². The van der Waals surface area contributed by atoms with Crippen LogP contribution in [0.1, 0.15) is 36.6 Å². The fourth-order valence-corrected chi connectivity index (χ4v) is 3.43. The van der Waals surface area contributed by atoms with Crippen molar-refractivity contribution in [3.63, 3.8) is 0 Å². The van der Waals surface area contributed by atoms with Crippen LogP contribution in [0, 0.1) is 0 Å². The predicted molar refractivity (Wildman–Crippen MR) is 98.1 cm³/mol. The quantitative estimate of drug-likeness (QED) is 0.515. The second-order valence-corrected chi connectivity index (χ2v) is 6.53. The molecule has 2 amide bonds. The fourth-order valence-electron chi connectivity index (χ4n) is 3.43. The van der Waals surface area contributed by atoms with E-state index in [-0.39, 0.29) is 29.6 Å². The lowest BCUT2D eigenvalue weighted by molar-refractivity contribution is -0.125. The molecule has 2 atom stereocenters. The van der Waals surface area contributed by atoms with Crippen LogP contribution >= 0.6 is 0 Å². The standard InChI is InChI=1S/C17H25N7O3/c1-3-18-16(26)13-7-11(21-15(25)12-8-20-17(27)22-12)9-24(13)10-14-19-5-6-23(14)4-2/h5-6,8,11,13H,3-4,7,9-10H2,1-2H3,(H,18,26)(H,21,25)(H2,20,22,27)/t11-,13-/m0/s1. The molecule has 2 aromatic heterocycles. The third kappa shape index (κ3) is 4.27. The first kappa shape index (κ1) is 18.9. The monoisotopic (exact) mass is 375 g/mol. The van der Waals surface area contributed by atoms with Crippen LogP contribution in [0.25, 0.3) is 0 Å². The van der Waals surface area contributed by atoms with Crippen LogP contribution in [0.3, 0.4) is 0 Å². The Bertz CT molecular complexity index is 853. The first-order chi connectivity index (χ1) is 13.0. The van der Waals surface area contributed by atoms with Crippen molar-refractivity contribution >= 4 is 11.8 Å². The van der Waals surface area contributed by atoms with Gasteiger partial charge >= 0.3 is 5.69 Å². The van der Waals surface area contributed by atoms with Gasteiger partial charge in [-0.05, 0) is 20.3 Å². The molecule has 0 unspecified atom stereocenters. The zero-order chi connectivity index (χ0) is 19.4. The van der Waals surface area contributed by atoms with Gasteiger partial charge in [0.05, 0.1) is 12.6 Å². The molecule has 1 saturated heterocycles. The molecule has 10 nitrogen and oxygen atoms in total.